The first-order chi connectivity index (χ1) is 10.0. The highest BCUT2D eigenvalue weighted by molar-refractivity contribution is 5.82. The quantitative estimate of drug-likeness (QED) is 0.560. The highest BCUT2D eigenvalue weighted by Gasteiger charge is 2.53. The van der Waals surface area contributed by atoms with Gasteiger partial charge < -0.3 is 25.4 Å². The standard InChI is InChI=1S/C12H17N5O4/c1-12(20)8(19)6(3-18)21-11(12)17-5-16-7-9(13-2)14-4-15-10(7)17/h4-6,8,11,18-20H,3H2,1-2H3,(H,13,14,15)/t6-,8-,11-,12-/m1/s1. The number of nitrogens with zero attached hydrogens (tertiary/aromatic N) is 4. The monoisotopic (exact) mass is 295 g/mol. The fraction of sp³-hybridized carbons (Fsp3) is 0.583. The molecule has 21 heavy (non-hydrogen) atoms. The molecule has 0 radical (unpaired) electrons. The maximum atomic E-state index is 10.5. The highest BCUT2D eigenvalue weighted by Crippen LogP contribution is 2.39. The van der Waals surface area contributed by atoms with E-state index >= 15 is 0 Å². The number of anilines is 1. The van der Waals surface area contributed by atoms with E-state index in [9.17, 15) is 15.3 Å². The van der Waals surface area contributed by atoms with Gasteiger partial charge in [-0.15, -0.1) is 0 Å². The van der Waals surface area contributed by atoms with E-state index < -0.39 is 30.6 Å². The fourth-order valence-electron chi connectivity index (χ4n) is 2.60. The Kier molecular flexibility index (Phi) is 3.29. The molecule has 2 aromatic heterocycles. The van der Waals surface area contributed by atoms with Gasteiger partial charge in [-0.25, -0.2) is 15.0 Å². The van der Waals surface area contributed by atoms with Crippen molar-refractivity contribution in [2.45, 2.75) is 31.0 Å². The van der Waals surface area contributed by atoms with Crippen molar-refractivity contribution >= 4 is 17.0 Å². The molecular weight excluding hydrogens is 278 g/mol. The van der Waals surface area contributed by atoms with Crippen LogP contribution < -0.4 is 5.32 Å². The maximum Gasteiger partial charge on any atom is 0.168 e. The van der Waals surface area contributed by atoms with E-state index in [0.29, 0.717) is 17.0 Å². The Labute approximate surface area is 120 Å². The van der Waals surface area contributed by atoms with Crippen LogP contribution in [-0.2, 0) is 4.74 Å². The zero-order valence-corrected chi connectivity index (χ0v) is 11.6. The summed E-state index contributed by atoms with van der Waals surface area (Å²) in [5.74, 6) is 0.552. The van der Waals surface area contributed by atoms with Gasteiger partial charge in [0.05, 0.1) is 12.9 Å². The van der Waals surface area contributed by atoms with Crippen molar-refractivity contribution < 1.29 is 20.1 Å². The predicted octanol–water partition coefficient (Wildman–Crippen LogP) is -1.13. The number of fused-ring (bicyclic) bond motifs is 1. The van der Waals surface area contributed by atoms with Crippen LogP contribution in [0.3, 0.4) is 0 Å². The van der Waals surface area contributed by atoms with Crippen LogP contribution in [0.1, 0.15) is 13.2 Å². The minimum atomic E-state index is -1.58. The smallest absolute Gasteiger partial charge is 0.168 e. The third-order valence-electron chi connectivity index (χ3n) is 3.78. The second-order valence-corrected chi connectivity index (χ2v) is 5.18. The molecule has 3 rings (SSSR count). The molecule has 1 aliphatic rings. The molecule has 0 saturated carbocycles. The first-order valence-electron chi connectivity index (χ1n) is 6.52. The number of hydrogen-bond donors (Lipinski definition) is 4. The number of ether oxygens (including phenoxy) is 1. The Morgan fingerprint density at radius 1 is 1.43 bits per heavy atom. The van der Waals surface area contributed by atoms with E-state index in [4.69, 9.17) is 4.74 Å². The van der Waals surface area contributed by atoms with Crippen molar-refractivity contribution in [2.24, 2.45) is 0 Å². The lowest BCUT2D eigenvalue weighted by Gasteiger charge is -2.27. The first-order valence-corrected chi connectivity index (χ1v) is 6.52. The van der Waals surface area contributed by atoms with E-state index in [2.05, 4.69) is 20.3 Å². The molecule has 4 atom stereocenters. The summed E-state index contributed by atoms with van der Waals surface area (Å²) in [6.07, 6.45) is -0.153. The van der Waals surface area contributed by atoms with Gasteiger partial charge >= 0.3 is 0 Å². The largest absolute Gasteiger partial charge is 0.394 e. The minimum absolute atomic E-state index is 0.392. The predicted molar refractivity (Wildman–Crippen MR) is 72.5 cm³/mol. The summed E-state index contributed by atoms with van der Waals surface area (Å²) in [4.78, 5) is 12.4. The second-order valence-electron chi connectivity index (χ2n) is 5.18. The third kappa shape index (κ3) is 1.97. The summed E-state index contributed by atoms with van der Waals surface area (Å²) in [7, 11) is 1.72. The summed E-state index contributed by atoms with van der Waals surface area (Å²) in [6.45, 7) is 1.06. The number of imidazole rings is 1. The molecule has 0 bridgehead atoms. The topological polar surface area (TPSA) is 126 Å². The molecule has 1 aliphatic heterocycles. The van der Waals surface area contributed by atoms with Crippen molar-refractivity contribution in [1.29, 1.82) is 0 Å². The molecule has 0 unspecified atom stereocenters. The molecular formula is C12H17N5O4. The van der Waals surface area contributed by atoms with E-state index in [1.807, 2.05) is 0 Å². The molecule has 1 saturated heterocycles. The molecule has 0 aliphatic carbocycles. The Morgan fingerprint density at radius 2 is 2.19 bits per heavy atom. The van der Waals surface area contributed by atoms with Crippen LogP contribution in [0.15, 0.2) is 12.7 Å². The van der Waals surface area contributed by atoms with E-state index in [-0.39, 0.29) is 0 Å². The number of nitrogens with one attached hydrogen (secondary N) is 1. The van der Waals surface area contributed by atoms with Gasteiger partial charge in [-0.3, -0.25) is 4.57 Å². The number of hydrogen-bond acceptors (Lipinski definition) is 8. The van der Waals surface area contributed by atoms with Crippen molar-refractivity contribution in [3.8, 4) is 0 Å². The Hall–Kier alpha value is -1.81. The number of rotatable bonds is 3. The average Bonchev–Trinajstić information content (AvgIpc) is 2.99. The molecule has 0 spiro atoms. The van der Waals surface area contributed by atoms with E-state index in [0.717, 1.165) is 0 Å². The summed E-state index contributed by atoms with van der Waals surface area (Å²) in [5, 5.41) is 32.7. The van der Waals surface area contributed by atoms with Crippen molar-refractivity contribution in [2.75, 3.05) is 19.0 Å². The van der Waals surface area contributed by atoms with Gasteiger partial charge in [0.15, 0.2) is 17.7 Å². The molecule has 114 valence electrons. The van der Waals surface area contributed by atoms with Gasteiger partial charge in [-0.1, -0.05) is 0 Å². The number of aliphatic hydroxyl groups excluding tert-OH is 2. The van der Waals surface area contributed by atoms with Crippen LogP contribution >= 0.6 is 0 Å². The molecule has 9 heteroatoms. The molecule has 1 fully saturated rings. The minimum Gasteiger partial charge on any atom is -0.394 e. The van der Waals surface area contributed by atoms with Crippen LogP contribution in [0, 0.1) is 0 Å². The molecule has 4 N–H and O–H groups in total. The van der Waals surface area contributed by atoms with Gasteiger partial charge in [-0.05, 0) is 6.92 Å². The van der Waals surface area contributed by atoms with Crippen molar-refractivity contribution in [3.63, 3.8) is 0 Å². The van der Waals surface area contributed by atoms with Crippen LogP contribution in [0.5, 0.6) is 0 Å². The normalized spacial score (nSPS) is 32.7. The summed E-state index contributed by atoms with van der Waals surface area (Å²) in [6, 6.07) is 0. The van der Waals surface area contributed by atoms with Gasteiger partial charge in [0, 0.05) is 7.05 Å². The molecule has 0 aromatic carbocycles. The van der Waals surface area contributed by atoms with E-state index in [1.165, 1.54) is 24.1 Å². The molecule has 2 aromatic rings. The SMILES string of the molecule is CNc1ncnc2c1ncn2[C@@H]1O[C@H](CO)[C@@H](O)[C@@]1(C)O. The second kappa shape index (κ2) is 4.88. The van der Waals surface area contributed by atoms with Gasteiger partial charge in [0.2, 0.25) is 0 Å². The Balaban J connectivity index is 2.09. The molecule has 0 amide bonds. The van der Waals surface area contributed by atoms with Crippen LogP contribution in [0.25, 0.3) is 11.2 Å². The van der Waals surface area contributed by atoms with Crippen molar-refractivity contribution in [1.82, 2.24) is 19.5 Å². The number of aromatic nitrogens is 4. The summed E-state index contributed by atoms with van der Waals surface area (Å²) < 4.78 is 7.08. The molecule has 9 nitrogen and oxygen atoms in total. The molecule has 3 heterocycles. The van der Waals surface area contributed by atoms with Gasteiger partial charge in [0.1, 0.15) is 29.7 Å². The number of aliphatic hydroxyl groups is 3. The lowest BCUT2D eigenvalue weighted by molar-refractivity contribution is -0.0950. The van der Waals surface area contributed by atoms with Crippen LogP contribution in [0.4, 0.5) is 5.82 Å². The van der Waals surface area contributed by atoms with E-state index in [1.54, 1.807) is 7.05 Å². The van der Waals surface area contributed by atoms with Gasteiger partial charge in [0.25, 0.3) is 0 Å². The average molecular weight is 295 g/mol. The third-order valence-corrected chi connectivity index (χ3v) is 3.78. The zero-order valence-electron chi connectivity index (χ0n) is 11.6. The van der Waals surface area contributed by atoms with Gasteiger partial charge in [-0.2, -0.15) is 0 Å². The van der Waals surface area contributed by atoms with Crippen LogP contribution in [0.2, 0.25) is 0 Å². The van der Waals surface area contributed by atoms with Crippen molar-refractivity contribution in [3.05, 3.63) is 12.7 Å². The zero-order chi connectivity index (χ0) is 15.2. The summed E-state index contributed by atoms with van der Waals surface area (Å²) in [5.41, 5.74) is -0.585. The highest BCUT2D eigenvalue weighted by atomic mass is 16.6. The summed E-state index contributed by atoms with van der Waals surface area (Å²) >= 11 is 0. The lowest BCUT2D eigenvalue weighted by atomic mass is 9.96. The van der Waals surface area contributed by atoms with Crippen LogP contribution in [-0.4, -0.2) is 66.3 Å². The lowest BCUT2D eigenvalue weighted by Crippen LogP contribution is -2.44. The Morgan fingerprint density at radius 3 is 2.81 bits per heavy atom. The fourth-order valence-corrected chi connectivity index (χ4v) is 2.60. The Bertz CT molecular complexity index is 658. The maximum absolute atomic E-state index is 10.5. The first kappa shape index (κ1) is 14.1.